The molecule has 0 radical (unpaired) electrons. The molecule has 4 heteroatoms. The SMILES string of the molecule is CCCC(=O)C=CC1CCC(=O)C1CCCCCCC(=O)O. The topological polar surface area (TPSA) is 71.4 Å². The van der Waals surface area contributed by atoms with Gasteiger partial charge in [-0.1, -0.05) is 32.3 Å². The number of carboxylic acids is 1. The van der Waals surface area contributed by atoms with Gasteiger partial charge in [-0.25, -0.2) is 0 Å². The van der Waals surface area contributed by atoms with Crippen LogP contribution < -0.4 is 0 Å². The van der Waals surface area contributed by atoms with E-state index in [1.807, 2.05) is 13.0 Å². The van der Waals surface area contributed by atoms with Gasteiger partial charge in [-0.15, -0.1) is 0 Å². The average molecular weight is 308 g/mol. The Kier molecular flexibility index (Phi) is 8.71. The number of aliphatic carboxylic acids is 1. The molecule has 0 bridgehead atoms. The molecule has 2 unspecified atom stereocenters. The first-order chi connectivity index (χ1) is 10.5. The average Bonchev–Trinajstić information content (AvgIpc) is 2.81. The zero-order chi connectivity index (χ0) is 16.4. The predicted octanol–water partition coefficient (Wildman–Crippen LogP) is 3.93. The Bertz CT molecular complexity index is 411. The summed E-state index contributed by atoms with van der Waals surface area (Å²) in [5.41, 5.74) is 0. The summed E-state index contributed by atoms with van der Waals surface area (Å²) in [5.74, 6) is 0.00258. The molecule has 1 fully saturated rings. The number of rotatable bonds is 11. The monoisotopic (exact) mass is 308 g/mol. The third kappa shape index (κ3) is 7.01. The van der Waals surface area contributed by atoms with Crippen LogP contribution in [0.3, 0.4) is 0 Å². The standard InChI is InChI=1S/C18H28O4/c1-2-7-15(19)12-10-14-11-13-17(20)16(14)8-5-3-4-6-9-18(21)22/h10,12,14,16H,2-9,11,13H2,1H3,(H,21,22). The van der Waals surface area contributed by atoms with Gasteiger partial charge in [0.1, 0.15) is 5.78 Å². The lowest BCUT2D eigenvalue weighted by Gasteiger charge is -2.14. The molecular formula is C18H28O4. The molecule has 0 saturated heterocycles. The van der Waals surface area contributed by atoms with Gasteiger partial charge in [-0.3, -0.25) is 14.4 Å². The van der Waals surface area contributed by atoms with Crippen molar-refractivity contribution in [1.82, 2.24) is 0 Å². The van der Waals surface area contributed by atoms with Crippen LogP contribution >= 0.6 is 0 Å². The highest BCUT2D eigenvalue weighted by molar-refractivity contribution is 5.90. The number of carbonyl (C=O) groups is 3. The van der Waals surface area contributed by atoms with Gasteiger partial charge in [0.05, 0.1) is 0 Å². The smallest absolute Gasteiger partial charge is 0.303 e. The van der Waals surface area contributed by atoms with E-state index >= 15 is 0 Å². The summed E-state index contributed by atoms with van der Waals surface area (Å²) in [5, 5.41) is 8.57. The second kappa shape index (κ2) is 10.3. The second-order valence-electron chi connectivity index (χ2n) is 6.20. The summed E-state index contributed by atoms with van der Waals surface area (Å²) < 4.78 is 0. The van der Waals surface area contributed by atoms with Crippen molar-refractivity contribution in [2.24, 2.45) is 11.8 Å². The van der Waals surface area contributed by atoms with Crippen molar-refractivity contribution < 1.29 is 19.5 Å². The minimum absolute atomic E-state index is 0.0603. The van der Waals surface area contributed by atoms with Crippen LogP contribution in [0.1, 0.15) is 71.1 Å². The van der Waals surface area contributed by atoms with Crippen molar-refractivity contribution in [2.75, 3.05) is 0 Å². The molecule has 1 aliphatic carbocycles. The Labute approximate surface area is 133 Å². The Morgan fingerprint density at radius 2 is 1.91 bits per heavy atom. The quantitative estimate of drug-likeness (QED) is 0.463. The fourth-order valence-corrected chi connectivity index (χ4v) is 3.09. The number of Topliss-reactive ketones (excluding diaryl/α,β-unsaturated/α-hetero) is 1. The maximum Gasteiger partial charge on any atom is 0.303 e. The first-order valence-corrected chi connectivity index (χ1v) is 8.50. The Hall–Kier alpha value is -1.45. The van der Waals surface area contributed by atoms with Gasteiger partial charge in [0.2, 0.25) is 0 Å². The van der Waals surface area contributed by atoms with Crippen molar-refractivity contribution in [3.63, 3.8) is 0 Å². The molecule has 1 saturated carbocycles. The predicted molar refractivity (Wildman–Crippen MR) is 85.6 cm³/mol. The first-order valence-electron chi connectivity index (χ1n) is 8.50. The Morgan fingerprint density at radius 1 is 1.18 bits per heavy atom. The van der Waals surface area contributed by atoms with E-state index in [2.05, 4.69) is 0 Å². The van der Waals surface area contributed by atoms with E-state index in [0.717, 1.165) is 38.5 Å². The Morgan fingerprint density at radius 3 is 2.59 bits per heavy atom. The van der Waals surface area contributed by atoms with Crippen LogP contribution in [-0.2, 0) is 14.4 Å². The lowest BCUT2D eigenvalue weighted by atomic mass is 9.89. The molecule has 0 aromatic carbocycles. The summed E-state index contributed by atoms with van der Waals surface area (Å²) in [6.45, 7) is 1.98. The molecule has 124 valence electrons. The van der Waals surface area contributed by atoms with Crippen LogP contribution in [0.25, 0.3) is 0 Å². The summed E-state index contributed by atoms with van der Waals surface area (Å²) in [6.07, 6.45) is 11.2. The van der Waals surface area contributed by atoms with Crippen molar-refractivity contribution in [2.45, 2.75) is 71.1 Å². The van der Waals surface area contributed by atoms with Gasteiger partial charge in [0.25, 0.3) is 0 Å². The van der Waals surface area contributed by atoms with E-state index in [1.165, 1.54) is 0 Å². The molecule has 2 atom stereocenters. The fourth-order valence-electron chi connectivity index (χ4n) is 3.09. The minimum Gasteiger partial charge on any atom is -0.481 e. The summed E-state index contributed by atoms with van der Waals surface area (Å²) in [7, 11) is 0. The van der Waals surface area contributed by atoms with E-state index in [1.54, 1.807) is 6.08 Å². The maximum absolute atomic E-state index is 12.0. The number of unbranched alkanes of at least 4 members (excludes halogenated alkanes) is 3. The number of ketones is 2. The van der Waals surface area contributed by atoms with Crippen molar-refractivity contribution in [3.05, 3.63) is 12.2 Å². The molecule has 1 rings (SSSR count). The van der Waals surface area contributed by atoms with Crippen molar-refractivity contribution in [1.29, 1.82) is 0 Å². The molecule has 0 amide bonds. The highest BCUT2D eigenvalue weighted by atomic mass is 16.4. The Balaban J connectivity index is 2.31. The number of hydrogen-bond donors (Lipinski definition) is 1. The highest BCUT2D eigenvalue weighted by Gasteiger charge is 2.32. The summed E-state index contributed by atoms with van der Waals surface area (Å²) in [6, 6.07) is 0. The van der Waals surface area contributed by atoms with Crippen LogP contribution in [-0.4, -0.2) is 22.6 Å². The zero-order valence-corrected chi connectivity index (χ0v) is 13.6. The molecule has 0 aliphatic heterocycles. The lowest BCUT2D eigenvalue weighted by Crippen LogP contribution is -2.13. The van der Waals surface area contributed by atoms with Gasteiger partial charge < -0.3 is 5.11 Å². The van der Waals surface area contributed by atoms with Crippen LogP contribution in [0, 0.1) is 11.8 Å². The van der Waals surface area contributed by atoms with Gasteiger partial charge in [0, 0.05) is 25.2 Å². The molecule has 1 aliphatic rings. The van der Waals surface area contributed by atoms with E-state index in [9.17, 15) is 14.4 Å². The van der Waals surface area contributed by atoms with E-state index in [0.29, 0.717) is 25.0 Å². The fraction of sp³-hybridized carbons (Fsp3) is 0.722. The van der Waals surface area contributed by atoms with Gasteiger partial charge in [-0.2, -0.15) is 0 Å². The molecule has 0 spiro atoms. The largest absolute Gasteiger partial charge is 0.481 e. The third-order valence-electron chi connectivity index (χ3n) is 4.34. The van der Waals surface area contributed by atoms with Gasteiger partial charge in [-0.05, 0) is 37.7 Å². The van der Waals surface area contributed by atoms with E-state index in [4.69, 9.17) is 5.11 Å². The first kappa shape index (κ1) is 18.6. The number of allylic oxidation sites excluding steroid dienone is 2. The van der Waals surface area contributed by atoms with Crippen LogP contribution in [0.15, 0.2) is 12.2 Å². The molecular weight excluding hydrogens is 280 g/mol. The summed E-state index contributed by atoms with van der Waals surface area (Å²) >= 11 is 0. The van der Waals surface area contributed by atoms with E-state index < -0.39 is 5.97 Å². The van der Waals surface area contributed by atoms with Crippen LogP contribution in [0.2, 0.25) is 0 Å². The molecule has 0 heterocycles. The van der Waals surface area contributed by atoms with Crippen LogP contribution in [0.4, 0.5) is 0 Å². The molecule has 1 N–H and O–H groups in total. The molecule has 22 heavy (non-hydrogen) atoms. The second-order valence-corrected chi connectivity index (χ2v) is 6.20. The maximum atomic E-state index is 12.0. The minimum atomic E-state index is -0.743. The normalized spacial score (nSPS) is 21.6. The van der Waals surface area contributed by atoms with Crippen molar-refractivity contribution >= 4 is 17.5 Å². The molecule has 4 nitrogen and oxygen atoms in total. The highest BCUT2D eigenvalue weighted by Crippen LogP contribution is 2.33. The zero-order valence-electron chi connectivity index (χ0n) is 13.6. The number of carbonyl (C=O) groups excluding carboxylic acids is 2. The van der Waals surface area contributed by atoms with Crippen molar-refractivity contribution in [3.8, 4) is 0 Å². The van der Waals surface area contributed by atoms with Crippen LogP contribution in [0.5, 0.6) is 0 Å². The third-order valence-corrected chi connectivity index (χ3v) is 4.34. The number of hydrogen-bond acceptors (Lipinski definition) is 3. The van der Waals surface area contributed by atoms with Gasteiger partial charge in [0.15, 0.2) is 5.78 Å². The van der Waals surface area contributed by atoms with Gasteiger partial charge >= 0.3 is 5.97 Å². The summed E-state index contributed by atoms with van der Waals surface area (Å²) in [4.78, 5) is 33.9. The molecule has 0 aromatic heterocycles. The van der Waals surface area contributed by atoms with E-state index in [-0.39, 0.29) is 24.0 Å². The molecule has 0 aromatic rings. The number of carboxylic acid groups (broad SMARTS) is 1. The lowest BCUT2D eigenvalue weighted by molar-refractivity contribution is -0.137.